The Morgan fingerprint density at radius 1 is 1.47 bits per heavy atom. The van der Waals surface area contributed by atoms with Gasteiger partial charge in [-0.1, -0.05) is 13.3 Å². The zero-order valence-electron chi connectivity index (χ0n) is 10.9. The molecule has 0 saturated carbocycles. The van der Waals surface area contributed by atoms with Crippen LogP contribution in [0.1, 0.15) is 30.1 Å². The first-order valence-electron chi connectivity index (χ1n) is 5.94. The van der Waals surface area contributed by atoms with E-state index in [1.807, 2.05) is 6.92 Å². The number of halogens is 1. The summed E-state index contributed by atoms with van der Waals surface area (Å²) >= 11 is 0. The summed E-state index contributed by atoms with van der Waals surface area (Å²) in [4.78, 5) is 23.3. The lowest BCUT2D eigenvalue weighted by Crippen LogP contribution is -2.35. The molecule has 19 heavy (non-hydrogen) atoms. The Kier molecular flexibility index (Phi) is 5.44. The van der Waals surface area contributed by atoms with Gasteiger partial charge >= 0.3 is 5.97 Å². The van der Waals surface area contributed by atoms with Crippen molar-refractivity contribution in [3.63, 3.8) is 0 Å². The van der Waals surface area contributed by atoms with Gasteiger partial charge in [-0.3, -0.25) is 4.79 Å². The normalized spacial score (nSPS) is 11.8. The van der Waals surface area contributed by atoms with E-state index in [-0.39, 0.29) is 11.3 Å². The van der Waals surface area contributed by atoms with Crippen LogP contribution in [0.5, 0.6) is 0 Å². The van der Waals surface area contributed by atoms with Gasteiger partial charge in [0.25, 0.3) is 0 Å². The molecule has 0 heterocycles. The Bertz CT molecular complexity index is 477. The number of methoxy groups -OCH3 is 1. The van der Waals surface area contributed by atoms with Gasteiger partial charge in [-0.05, 0) is 24.6 Å². The molecule has 1 amide bonds. The molecule has 0 aromatic heterocycles. The second-order valence-corrected chi connectivity index (χ2v) is 4.07. The minimum Gasteiger partial charge on any atom is -0.465 e. The van der Waals surface area contributed by atoms with E-state index in [9.17, 15) is 14.0 Å². The molecule has 0 bridgehead atoms. The highest BCUT2D eigenvalue weighted by molar-refractivity contribution is 6.02. The Morgan fingerprint density at radius 2 is 2.16 bits per heavy atom. The number of benzene rings is 1. The summed E-state index contributed by atoms with van der Waals surface area (Å²) in [5.41, 5.74) is 5.80. The Balaban J connectivity index is 2.94. The van der Waals surface area contributed by atoms with Crippen LogP contribution in [0.3, 0.4) is 0 Å². The molecule has 5 nitrogen and oxygen atoms in total. The minimum absolute atomic E-state index is 0.0421. The summed E-state index contributed by atoms with van der Waals surface area (Å²) in [6.07, 6.45) is 1.29. The third kappa shape index (κ3) is 4.03. The van der Waals surface area contributed by atoms with Crippen LogP contribution in [-0.4, -0.2) is 25.0 Å². The molecule has 6 heteroatoms. The van der Waals surface area contributed by atoms with Gasteiger partial charge in [0, 0.05) is 0 Å². The van der Waals surface area contributed by atoms with E-state index in [1.165, 1.54) is 13.2 Å². The van der Waals surface area contributed by atoms with E-state index in [0.717, 1.165) is 18.6 Å². The van der Waals surface area contributed by atoms with Crippen LogP contribution in [0, 0.1) is 5.82 Å². The highest BCUT2D eigenvalue weighted by Crippen LogP contribution is 2.18. The van der Waals surface area contributed by atoms with Crippen molar-refractivity contribution in [3.8, 4) is 0 Å². The number of carbonyl (C=O) groups excluding carboxylic acids is 2. The van der Waals surface area contributed by atoms with Gasteiger partial charge in [-0.25, -0.2) is 9.18 Å². The molecule has 1 atom stereocenters. The number of anilines is 1. The fourth-order valence-electron chi connectivity index (χ4n) is 1.57. The third-order valence-electron chi connectivity index (χ3n) is 2.58. The van der Waals surface area contributed by atoms with Gasteiger partial charge in [0.05, 0.1) is 24.4 Å². The summed E-state index contributed by atoms with van der Waals surface area (Å²) in [6, 6.07) is 2.79. The van der Waals surface area contributed by atoms with Crippen LogP contribution in [-0.2, 0) is 9.53 Å². The van der Waals surface area contributed by atoms with Gasteiger partial charge in [0.15, 0.2) is 0 Å². The fraction of sp³-hybridized carbons (Fsp3) is 0.385. The molecule has 1 aromatic rings. The van der Waals surface area contributed by atoms with E-state index in [4.69, 9.17) is 5.73 Å². The van der Waals surface area contributed by atoms with Crippen molar-refractivity contribution < 1.29 is 18.7 Å². The van der Waals surface area contributed by atoms with Crippen LogP contribution in [0.4, 0.5) is 10.1 Å². The first kappa shape index (κ1) is 15.1. The third-order valence-corrected chi connectivity index (χ3v) is 2.58. The summed E-state index contributed by atoms with van der Waals surface area (Å²) in [6.45, 7) is 1.91. The number of amides is 1. The smallest absolute Gasteiger partial charge is 0.340 e. The molecule has 0 aliphatic carbocycles. The molecule has 0 radical (unpaired) electrons. The number of nitrogens with one attached hydrogen (secondary N) is 1. The highest BCUT2D eigenvalue weighted by atomic mass is 19.1. The van der Waals surface area contributed by atoms with Gasteiger partial charge in [-0.2, -0.15) is 0 Å². The maximum Gasteiger partial charge on any atom is 0.340 e. The van der Waals surface area contributed by atoms with Gasteiger partial charge in [0.1, 0.15) is 5.82 Å². The van der Waals surface area contributed by atoms with Crippen molar-refractivity contribution >= 4 is 17.6 Å². The molecule has 0 fully saturated rings. The maximum atomic E-state index is 13.1. The van der Waals surface area contributed by atoms with Crippen molar-refractivity contribution in [1.82, 2.24) is 0 Å². The summed E-state index contributed by atoms with van der Waals surface area (Å²) in [5.74, 6) is -1.73. The largest absolute Gasteiger partial charge is 0.465 e. The molecule has 1 rings (SSSR count). The zero-order valence-corrected chi connectivity index (χ0v) is 10.9. The highest BCUT2D eigenvalue weighted by Gasteiger charge is 2.18. The number of carbonyl (C=O) groups is 2. The first-order valence-corrected chi connectivity index (χ1v) is 5.94. The average molecular weight is 268 g/mol. The summed E-state index contributed by atoms with van der Waals surface area (Å²) < 4.78 is 17.6. The number of ether oxygens (including phenoxy) is 1. The fourth-order valence-corrected chi connectivity index (χ4v) is 1.57. The van der Waals surface area contributed by atoms with Crippen molar-refractivity contribution in [2.45, 2.75) is 25.8 Å². The molecule has 0 spiro atoms. The van der Waals surface area contributed by atoms with Crippen LogP contribution >= 0.6 is 0 Å². The molecule has 3 N–H and O–H groups in total. The van der Waals surface area contributed by atoms with Crippen LogP contribution in [0.15, 0.2) is 18.2 Å². The summed E-state index contributed by atoms with van der Waals surface area (Å²) in [5, 5.41) is 2.51. The predicted octanol–water partition coefficient (Wildman–Crippen LogP) is 1.68. The number of esters is 1. The second-order valence-electron chi connectivity index (χ2n) is 4.07. The molecule has 0 aliphatic rings. The van der Waals surface area contributed by atoms with Crippen LogP contribution in [0.25, 0.3) is 0 Å². The van der Waals surface area contributed by atoms with Gasteiger partial charge in [0.2, 0.25) is 5.91 Å². The van der Waals surface area contributed by atoms with Gasteiger partial charge < -0.3 is 15.8 Å². The average Bonchev–Trinajstić information content (AvgIpc) is 2.40. The minimum atomic E-state index is -0.723. The molecular weight excluding hydrogens is 251 g/mol. The Labute approximate surface area is 110 Å². The monoisotopic (exact) mass is 268 g/mol. The van der Waals surface area contributed by atoms with E-state index in [1.54, 1.807) is 0 Å². The van der Waals surface area contributed by atoms with Crippen molar-refractivity contribution in [2.24, 2.45) is 5.73 Å². The number of hydrogen-bond donors (Lipinski definition) is 2. The Morgan fingerprint density at radius 3 is 2.74 bits per heavy atom. The topological polar surface area (TPSA) is 81.4 Å². The number of rotatable bonds is 5. The number of hydrogen-bond acceptors (Lipinski definition) is 4. The molecule has 0 aliphatic heterocycles. The van der Waals surface area contributed by atoms with E-state index in [2.05, 4.69) is 10.1 Å². The van der Waals surface area contributed by atoms with E-state index < -0.39 is 23.7 Å². The molecular formula is C13H17FN2O3. The summed E-state index contributed by atoms with van der Waals surface area (Å²) in [7, 11) is 1.18. The standard InChI is InChI=1S/C13H17FN2O3/c1-3-4-10(15)12(17)16-11-6-5-8(14)7-9(11)13(18)19-2/h5-7,10H,3-4,15H2,1-2H3,(H,16,17)/t10-/m0/s1. The van der Waals surface area contributed by atoms with E-state index >= 15 is 0 Å². The first-order chi connectivity index (χ1) is 8.99. The van der Waals surface area contributed by atoms with Crippen LogP contribution < -0.4 is 11.1 Å². The molecule has 104 valence electrons. The zero-order chi connectivity index (χ0) is 14.4. The Hall–Kier alpha value is -1.95. The molecule has 1 aromatic carbocycles. The maximum absolute atomic E-state index is 13.1. The lowest BCUT2D eigenvalue weighted by atomic mass is 10.1. The molecule has 0 unspecified atom stereocenters. The lowest BCUT2D eigenvalue weighted by molar-refractivity contribution is -0.117. The van der Waals surface area contributed by atoms with Crippen molar-refractivity contribution in [3.05, 3.63) is 29.6 Å². The van der Waals surface area contributed by atoms with Gasteiger partial charge in [-0.15, -0.1) is 0 Å². The SMILES string of the molecule is CCC[C@H](N)C(=O)Nc1ccc(F)cc1C(=O)OC. The quantitative estimate of drug-likeness (QED) is 0.796. The second kappa shape index (κ2) is 6.84. The molecule has 0 saturated heterocycles. The predicted molar refractivity (Wildman–Crippen MR) is 69.3 cm³/mol. The lowest BCUT2D eigenvalue weighted by Gasteiger charge is -2.13. The van der Waals surface area contributed by atoms with Crippen LogP contribution in [0.2, 0.25) is 0 Å². The number of nitrogens with two attached hydrogens (primary N) is 1. The van der Waals surface area contributed by atoms with Crippen molar-refractivity contribution in [1.29, 1.82) is 0 Å². The van der Waals surface area contributed by atoms with E-state index in [0.29, 0.717) is 6.42 Å². The van der Waals surface area contributed by atoms with Crippen molar-refractivity contribution in [2.75, 3.05) is 12.4 Å².